The van der Waals surface area contributed by atoms with E-state index in [-0.39, 0.29) is 0 Å². The summed E-state index contributed by atoms with van der Waals surface area (Å²) in [5.74, 6) is 0. The lowest BCUT2D eigenvalue weighted by Gasteiger charge is -1.90. The molecule has 0 nitrogen and oxygen atoms in total. The zero-order chi connectivity index (χ0) is 7.66. The van der Waals surface area contributed by atoms with Crippen LogP contribution in [0.3, 0.4) is 0 Å². The van der Waals surface area contributed by atoms with Gasteiger partial charge >= 0.3 is 0 Å². The van der Waals surface area contributed by atoms with E-state index in [4.69, 9.17) is 6.58 Å². The third-order valence-electron chi connectivity index (χ3n) is 1.32. The van der Waals surface area contributed by atoms with Crippen LogP contribution in [0, 0.1) is 6.58 Å². The maximum Gasteiger partial charge on any atom is -0.0126 e. The van der Waals surface area contributed by atoms with Gasteiger partial charge in [0.05, 0.1) is 0 Å². The molecule has 0 aliphatic carbocycles. The Morgan fingerprint density at radius 1 is 1.30 bits per heavy atom. The fourth-order valence-electron chi connectivity index (χ4n) is 0.759. The Labute approximate surface area is 64.0 Å². The van der Waals surface area contributed by atoms with Crippen molar-refractivity contribution in [3.05, 3.63) is 30.5 Å². The number of hydrogen-bond donors (Lipinski definition) is 0. The van der Waals surface area contributed by atoms with Crippen molar-refractivity contribution in [3.63, 3.8) is 0 Å². The van der Waals surface area contributed by atoms with Gasteiger partial charge in [-0.25, -0.2) is 0 Å². The van der Waals surface area contributed by atoms with Crippen molar-refractivity contribution in [1.82, 2.24) is 0 Å². The second-order valence-corrected chi connectivity index (χ2v) is 2.22. The van der Waals surface area contributed by atoms with Gasteiger partial charge in [0, 0.05) is 0 Å². The Morgan fingerprint density at radius 3 is 2.60 bits per heavy atom. The third-order valence-corrected chi connectivity index (χ3v) is 1.32. The van der Waals surface area contributed by atoms with Crippen molar-refractivity contribution in [2.75, 3.05) is 0 Å². The zero-order valence-corrected chi connectivity index (χ0v) is 6.64. The predicted molar refractivity (Wildman–Crippen MR) is 45.7 cm³/mol. The molecule has 0 unspecified atom stereocenters. The fraction of sp³-hybridized carbons (Fsp3) is 0.500. The summed E-state index contributed by atoms with van der Waals surface area (Å²) in [4.78, 5) is 0. The maximum absolute atomic E-state index is 5.05. The van der Waals surface area contributed by atoms with Crippen LogP contribution in [-0.2, 0) is 0 Å². The van der Waals surface area contributed by atoms with Crippen LogP contribution in [0.1, 0.15) is 32.6 Å². The van der Waals surface area contributed by atoms with E-state index in [0.29, 0.717) is 0 Å². The average Bonchev–Trinajstić information content (AvgIpc) is 1.97. The molecule has 0 rings (SSSR count). The molecule has 0 aromatic heterocycles. The molecule has 0 bridgehead atoms. The van der Waals surface area contributed by atoms with Crippen molar-refractivity contribution in [2.45, 2.75) is 32.6 Å². The van der Waals surface area contributed by atoms with Gasteiger partial charge in [-0.3, -0.25) is 0 Å². The van der Waals surface area contributed by atoms with E-state index in [2.05, 4.69) is 17.9 Å². The molecule has 0 amide bonds. The van der Waals surface area contributed by atoms with Gasteiger partial charge in [-0.2, -0.15) is 0 Å². The van der Waals surface area contributed by atoms with Crippen molar-refractivity contribution in [1.29, 1.82) is 0 Å². The normalized spacial score (nSPS) is 9.70. The summed E-state index contributed by atoms with van der Waals surface area (Å²) in [7, 11) is 0. The van der Waals surface area contributed by atoms with E-state index in [9.17, 15) is 0 Å². The van der Waals surface area contributed by atoms with E-state index in [0.717, 1.165) is 6.42 Å². The Kier molecular flexibility index (Phi) is 7.65. The average molecular weight is 135 g/mol. The van der Waals surface area contributed by atoms with Gasteiger partial charge in [-0.15, -0.1) is 5.73 Å². The zero-order valence-electron chi connectivity index (χ0n) is 6.64. The van der Waals surface area contributed by atoms with Crippen molar-refractivity contribution in [2.24, 2.45) is 0 Å². The molecular weight excluding hydrogens is 120 g/mol. The molecule has 0 aromatic carbocycles. The predicted octanol–water partition coefficient (Wildman–Crippen LogP) is 3.27. The first kappa shape index (κ1) is 9.26. The summed E-state index contributed by atoms with van der Waals surface area (Å²) in [6.45, 7) is 7.10. The highest BCUT2D eigenvalue weighted by Gasteiger charge is 1.80. The van der Waals surface area contributed by atoms with Crippen molar-refractivity contribution >= 4 is 0 Å². The van der Waals surface area contributed by atoms with Crippen LogP contribution in [0.25, 0.3) is 0 Å². The molecule has 55 valence electrons. The first-order valence-electron chi connectivity index (χ1n) is 3.80. The lowest BCUT2D eigenvalue weighted by Crippen LogP contribution is -1.70. The quantitative estimate of drug-likeness (QED) is 0.308. The minimum Gasteiger partial charge on any atom is -0.125 e. The van der Waals surface area contributed by atoms with Crippen LogP contribution in [0.15, 0.2) is 24.0 Å². The van der Waals surface area contributed by atoms with Gasteiger partial charge < -0.3 is 0 Å². The van der Waals surface area contributed by atoms with Crippen molar-refractivity contribution in [3.8, 4) is 0 Å². The van der Waals surface area contributed by atoms with Gasteiger partial charge in [-0.05, 0) is 45.3 Å². The highest BCUT2D eigenvalue weighted by atomic mass is 13.9. The molecular formula is C10H15. The molecule has 10 heavy (non-hydrogen) atoms. The van der Waals surface area contributed by atoms with Crippen LogP contribution in [0.5, 0.6) is 0 Å². The Hall–Kier alpha value is -0.740. The van der Waals surface area contributed by atoms with Gasteiger partial charge in [0.2, 0.25) is 0 Å². The third kappa shape index (κ3) is 7.26. The monoisotopic (exact) mass is 135 g/mol. The Bertz CT molecular complexity index is 125. The number of unbranched alkanes of at least 4 members (excludes halogenated alkanes) is 3. The first-order valence-corrected chi connectivity index (χ1v) is 3.80. The van der Waals surface area contributed by atoms with E-state index in [1.807, 2.05) is 13.0 Å². The summed E-state index contributed by atoms with van der Waals surface area (Å²) in [5, 5.41) is 0. The summed E-state index contributed by atoms with van der Waals surface area (Å²) >= 11 is 0. The molecule has 0 aliphatic rings. The Morgan fingerprint density at radius 2 is 2.00 bits per heavy atom. The molecule has 0 N–H and O–H groups in total. The standard InChI is InChI=1S/C10H15/c1-3-5-7-9-10-8-6-4-2/h1,4-6H,7-10H2,2H3. The highest BCUT2D eigenvalue weighted by molar-refractivity contribution is 4.78. The topological polar surface area (TPSA) is 0 Å². The lowest BCUT2D eigenvalue weighted by molar-refractivity contribution is 0.762. The van der Waals surface area contributed by atoms with Crippen LogP contribution < -0.4 is 0 Å². The van der Waals surface area contributed by atoms with E-state index < -0.39 is 0 Å². The van der Waals surface area contributed by atoms with Crippen LogP contribution in [0.2, 0.25) is 0 Å². The smallest absolute Gasteiger partial charge is 0.0126 e. The fourth-order valence-corrected chi connectivity index (χ4v) is 0.759. The molecule has 0 aliphatic heterocycles. The van der Waals surface area contributed by atoms with Crippen LogP contribution >= 0.6 is 0 Å². The van der Waals surface area contributed by atoms with Crippen molar-refractivity contribution < 1.29 is 0 Å². The van der Waals surface area contributed by atoms with Gasteiger partial charge in [0.15, 0.2) is 0 Å². The summed E-state index contributed by atoms with van der Waals surface area (Å²) < 4.78 is 0. The van der Waals surface area contributed by atoms with Gasteiger partial charge in [0.1, 0.15) is 0 Å². The Balaban J connectivity index is 2.97. The molecule has 1 radical (unpaired) electrons. The molecule has 0 spiro atoms. The minimum atomic E-state index is 1.06. The second kappa shape index (κ2) is 8.26. The largest absolute Gasteiger partial charge is 0.125 e. The summed E-state index contributed by atoms with van der Waals surface area (Å²) in [6, 6.07) is 0. The molecule has 0 saturated heterocycles. The maximum atomic E-state index is 5.05. The molecule has 0 saturated carbocycles. The minimum absolute atomic E-state index is 1.06. The van der Waals surface area contributed by atoms with Crippen LogP contribution in [0.4, 0.5) is 0 Å². The van der Waals surface area contributed by atoms with E-state index in [1.54, 1.807) is 0 Å². The van der Waals surface area contributed by atoms with Gasteiger partial charge in [-0.1, -0.05) is 12.2 Å². The molecule has 0 fully saturated rings. The summed E-state index contributed by atoms with van der Waals surface area (Å²) in [6.07, 6.45) is 10.9. The summed E-state index contributed by atoms with van der Waals surface area (Å²) in [5.41, 5.74) is 2.52. The lowest BCUT2D eigenvalue weighted by atomic mass is 10.2. The number of hydrogen-bond acceptors (Lipinski definition) is 0. The van der Waals surface area contributed by atoms with Crippen LogP contribution in [-0.4, -0.2) is 0 Å². The SMILES string of the molecule is [CH]=C=CCCCCC=CC. The number of allylic oxidation sites excluding steroid dienone is 3. The molecule has 0 heterocycles. The number of rotatable bonds is 5. The molecule has 0 heteroatoms. The molecule has 0 atom stereocenters. The second-order valence-electron chi connectivity index (χ2n) is 2.22. The van der Waals surface area contributed by atoms with E-state index in [1.165, 1.54) is 19.3 Å². The first-order chi connectivity index (χ1) is 4.91. The van der Waals surface area contributed by atoms with Gasteiger partial charge in [0.25, 0.3) is 0 Å². The van der Waals surface area contributed by atoms with E-state index >= 15 is 0 Å². The highest BCUT2D eigenvalue weighted by Crippen LogP contribution is 2.00. The molecule has 0 aromatic rings.